The maximum Gasteiger partial charge on any atom is 0.338 e. The summed E-state index contributed by atoms with van der Waals surface area (Å²) in [5.41, 5.74) is 6.89. The molecule has 2 aromatic rings. The number of hydrogen-bond donors (Lipinski definition) is 1. The predicted octanol–water partition coefficient (Wildman–Crippen LogP) is 3.54. The van der Waals surface area contributed by atoms with Crippen molar-refractivity contribution in [3.05, 3.63) is 57.8 Å². The molecule has 0 unspecified atom stereocenters. The fourth-order valence-corrected chi connectivity index (χ4v) is 2.12. The third-order valence-corrected chi connectivity index (χ3v) is 3.68. The van der Waals surface area contributed by atoms with Crippen LogP contribution in [0.1, 0.15) is 15.9 Å². The molecule has 4 nitrogen and oxygen atoms in total. The lowest BCUT2D eigenvalue weighted by molar-refractivity contribution is 0.0471. The Morgan fingerprint density at radius 2 is 2.10 bits per heavy atom. The molecule has 0 spiro atoms. The lowest BCUT2D eigenvalue weighted by atomic mass is 10.2. The molecule has 0 saturated heterocycles. The first kappa shape index (κ1) is 15.3. The molecule has 0 aliphatic rings. The molecule has 0 aromatic heterocycles. The molecule has 2 aromatic carbocycles. The van der Waals surface area contributed by atoms with E-state index in [2.05, 4.69) is 15.9 Å². The minimum absolute atomic E-state index is 0.0473. The average molecular weight is 354 g/mol. The van der Waals surface area contributed by atoms with Gasteiger partial charge in [-0.05, 0) is 34.1 Å². The second kappa shape index (κ2) is 6.58. The van der Waals surface area contributed by atoms with Gasteiger partial charge < -0.3 is 15.2 Å². The van der Waals surface area contributed by atoms with Crippen LogP contribution in [0.5, 0.6) is 5.75 Å². The highest BCUT2D eigenvalue weighted by atomic mass is 79.9. The maximum absolute atomic E-state index is 13.4. The molecule has 0 atom stereocenters. The van der Waals surface area contributed by atoms with Crippen molar-refractivity contribution in [3.63, 3.8) is 0 Å². The second-order valence-electron chi connectivity index (χ2n) is 4.28. The fourth-order valence-electron chi connectivity index (χ4n) is 1.74. The summed E-state index contributed by atoms with van der Waals surface area (Å²) in [5.74, 6) is -0.500. The predicted molar refractivity (Wildman–Crippen MR) is 80.6 cm³/mol. The van der Waals surface area contributed by atoms with Gasteiger partial charge in [-0.25, -0.2) is 9.18 Å². The summed E-state index contributed by atoms with van der Waals surface area (Å²) in [6.45, 7) is -0.0473. The minimum atomic E-state index is -0.559. The molecule has 0 heterocycles. The van der Waals surface area contributed by atoms with Gasteiger partial charge in [-0.3, -0.25) is 0 Å². The molecule has 0 amide bonds. The molecular formula is C15H13BrFNO3. The van der Waals surface area contributed by atoms with Crippen molar-refractivity contribution in [3.8, 4) is 5.75 Å². The number of rotatable bonds is 4. The van der Waals surface area contributed by atoms with Crippen molar-refractivity contribution in [1.82, 2.24) is 0 Å². The molecule has 6 heteroatoms. The Morgan fingerprint density at radius 3 is 2.81 bits per heavy atom. The van der Waals surface area contributed by atoms with Gasteiger partial charge in [0.05, 0.1) is 17.1 Å². The summed E-state index contributed by atoms with van der Waals surface area (Å²) in [6.07, 6.45) is 0. The van der Waals surface area contributed by atoms with Crippen LogP contribution < -0.4 is 10.5 Å². The summed E-state index contributed by atoms with van der Waals surface area (Å²) in [6, 6.07) is 9.15. The first-order chi connectivity index (χ1) is 10.0. The number of halogens is 2. The SMILES string of the molecule is COc1cc(N)cc(C(=O)OCc2cccc(F)c2Br)c1. The Morgan fingerprint density at radius 1 is 1.33 bits per heavy atom. The molecule has 0 saturated carbocycles. The Bertz CT molecular complexity index is 676. The van der Waals surface area contributed by atoms with Crippen LogP contribution in [0.25, 0.3) is 0 Å². The van der Waals surface area contributed by atoms with Crippen LogP contribution in [0, 0.1) is 5.82 Å². The third kappa shape index (κ3) is 3.72. The molecule has 2 N–H and O–H groups in total. The highest BCUT2D eigenvalue weighted by Crippen LogP contribution is 2.23. The van der Waals surface area contributed by atoms with Crippen molar-refractivity contribution < 1.29 is 18.7 Å². The van der Waals surface area contributed by atoms with Crippen LogP contribution in [0.2, 0.25) is 0 Å². The van der Waals surface area contributed by atoms with E-state index in [1.54, 1.807) is 18.2 Å². The lowest BCUT2D eigenvalue weighted by Gasteiger charge is -2.09. The molecule has 2 rings (SSSR count). The van der Waals surface area contributed by atoms with Crippen LogP contribution in [0.4, 0.5) is 10.1 Å². The summed E-state index contributed by atoms with van der Waals surface area (Å²) in [5, 5.41) is 0. The van der Waals surface area contributed by atoms with Gasteiger partial charge >= 0.3 is 5.97 Å². The third-order valence-electron chi connectivity index (χ3n) is 2.79. The topological polar surface area (TPSA) is 61.5 Å². The van der Waals surface area contributed by atoms with Crippen LogP contribution in [-0.4, -0.2) is 13.1 Å². The molecule has 110 valence electrons. The van der Waals surface area contributed by atoms with E-state index in [4.69, 9.17) is 15.2 Å². The molecular weight excluding hydrogens is 341 g/mol. The Kier molecular flexibility index (Phi) is 4.80. The highest BCUT2D eigenvalue weighted by molar-refractivity contribution is 9.10. The van der Waals surface area contributed by atoms with Crippen molar-refractivity contribution in [2.24, 2.45) is 0 Å². The van der Waals surface area contributed by atoms with Gasteiger partial charge in [0.1, 0.15) is 18.2 Å². The number of nitrogens with two attached hydrogens (primary N) is 1. The summed E-state index contributed by atoms with van der Waals surface area (Å²) < 4.78 is 23.8. The standard InChI is InChI=1S/C15H13BrFNO3/c1-20-12-6-10(5-11(18)7-12)15(19)21-8-9-3-2-4-13(17)14(9)16/h2-7H,8,18H2,1H3. The number of nitrogen functional groups attached to an aromatic ring is 1. The molecule has 0 bridgehead atoms. The zero-order chi connectivity index (χ0) is 15.4. The number of hydrogen-bond acceptors (Lipinski definition) is 4. The molecule has 21 heavy (non-hydrogen) atoms. The van der Waals surface area contributed by atoms with Crippen LogP contribution in [0.15, 0.2) is 40.9 Å². The van der Waals surface area contributed by atoms with Gasteiger partial charge in [0, 0.05) is 17.3 Å². The normalized spacial score (nSPS) is 10.2. The zero-order valence-corrected chi connectivity index (χ0v) is 12.8. The average Bonchev–Trinajstić information content (AvgIpc) is 2.47. The maximum atomic E-state index is 13.4. The Labute approximate surface area is 129 Å². The second-order valence-corrected chi connectivity index (χ2v) is 5.08. The number of esters is 1. The van der Waals surface area contributed by atoms with Crippen molar-refractivity contribution in [2.75, 3.05) is 12.8 Å². The van der Waals surface area contributed by atoms with Crippen LogP contribution in [-0.2, 0) is 11.3 Å². The summed E-state index contributed by atoms with van der Waals surface area (Å²) in [4.78, 5) is 12.0. The van der Waals surface area contributed by atoms with Gasteiger partial charge in [-0.2, -0.15) is 0 Å². The van der Waals surface area contributed by atoms with Crippen LogP contribution in [0.3, 0.4) is 0 Å². The van der Waals surface area contributed by atoms with E-state index in [9.17, 15) is 9.18 Å². The molecule has 0 fully saturated rings. The number of benzene rings is 2. The quantitative estimate of drug-likeness (QED) is 0.674. The largest absolute Gasteiger partial charge is 0.497 e. The van der Waals surface area contributed by atoms with E-state index in [1.165, 1.54) is 25.3 Å². The van der Waals surface area contributed by atoms with E-state index >= 15 is 0 Å². The van der Waals surface area contributed by atoms with E-state index < -0.39 is 11.8 Å². The van der Waals surface area contributed by atoms with Crippen molar-refractivity contribution >= 4 is 27.6 Å². The van der Waals surface area contributed by atoms with Crippen molar-refractivity contribution in [2.45, 2.75) is 6.61 Å². The summed E-state index contributed by atoms with van der Waals surface area (Å²) >= 11 is 3.11. The fraction of sp³-hybridized carbons (Fsp3) is 0.133. The number of ether oxygens (including phenoxy) is 2. The zero-order valence-electron chi connectivity index (χ0n) is 11.2. The van der Waals surface area contributed by atoms with Gasteiger partial charge in [-0.15, -0.1) is 0 Å². The minimum Gasteiger partial charge on any atom is -0.497 e. The summed E-state index contributed by atoms with van der Waals surface area (Å²) in [7, 11) is 1.48. The lowest BCUT2D eigenvalue weighted by Crippen LogP contribution is -2.07. The van der Waals surface area contributed by atoms with Gasteiger partial charge in [-0.1, -0.05) is 12.1 Å². The van der Waals surface area contributed by atoms with Gasteiger partial charge in [0.15, 0.2) is 0 Å². The number of carbonyl (C=O) groups is 1. The molecule has 0 aliphatic heterocycles. The van der Waals surface area contributed by atoms with E-state index in [1.807, 2.05) is 0 Å². The van der Waals surface area contributed by atoms with E-state index in [0.717, 1.165) is 0 Å². The van der Waals surface area contributed by atoms with Crippen LogP contribution >= 0.6 is 15.9 Å². The van der Waals surface area contributed by atoms with Gasteiger partial charge in [0.2, 0.25) is 0 Å². The number of anilines is 1. The van der Waals surface area contributed by atoms with Gasteiger partial charge in [0.25, 0.3) is 0 Å². The monoisotopic (exact) mass is 353 g/mol. The van der Waals surface area contributed by atoms with E-state index in [0.29, 0.717) is 17.0 Å². The Hall–Kier alpha value is -2.08. The highest BCUT2D eigenvalue weighted by Gasteiger charge is 2.12. The molecule has 0 aliphatic carbocycles. The number of carbonyl (C=O) groups excluding carboxylic acids is 1. The van der Waals surface area contributed by atoms with Crippen molar-refractivity contribution in [1.29, 1.82) is 0 Å². The molecule has 0 radical (unpaired) electrons. The first-order valence-electron chi connectivity index (χ1n) is 6.06. The number of methoxy groups -OCH3 is 1. The smallest absolute Gasteiger partial charge is 0.338 e. The Balaban J connectivity index is 2.12. The van der Waals surface area contributed by atoms with E-state index in [-0.39, 0.29) is 16.6 Å². The first-order valence-corrected chi connectivity index (χ1v) is 6.85.